The summed E-state index contributed by atoms with van der Waals surface area (Å²) in [6.07, 6.45) is -0.192. The smallest absolute Gasteiger partial charge is 0.315 e. The minimum atomic E-state index is -0.254. The molecule has 0 aliphatic carbocycles. The minimum Gasteiger partial charge on any atom is -0.493 e. The Kier molecular flexibility index (Phi) is 7.29. The first-order valence-electron chi connectivity index (χ1n) is 8.40. The molecule has 2 rings (SSSR count). The van der Waals surface area contributed by atoms with Crippen LogP contribution < -0.4 is 20.1 Å². The highest BCUT2D eigenvalue weighted by Crippen LogP contribution is 2.27. The molecule has 0 saturated heterocycles. The second kappa shape index (κ2) is 9.68. The van der Waals surface area contributed by atoms with Gasteiger partial charge in [-0.2, -0.15) is 0 Å². The Hall–Kier alpha value is -2.73. The van der Waals surface area contributed by atoms with Gasteiger partial charge in [-0.3, -0.25) is 0 Å². The normalized spacial score (nSPS) is 11.5. The van der Waals surface area contributed by atoms with Crippen LogP contribution >= 0.6 is 0 Å². The van der Waals surface area contributed by atoms with Gasteiger partial charge in [0.2, 0.25) is 0 Å². The van der Waals surface area contributed by atoms with E-state index < -0.39 is 0 Å². The molecular formula is C20H26N2O4. The van der Waals surface area contributed by atoms with Crippen molar-refractivity contribution in [3.63, 3.8) is 0 Å². The van der Waals surface area contributed by atoms with Crippen LogP contribution in [0.1, 0.15) is 22.8 Å². The Balaban J connectivity index is 1.88. The van der Waals surface area contributed by atoms with Crippen molar-refractivity contribution in [3.8, 4) is 11.5 Å². The second-order valence-corrected chi connectivity index (χ2v) is 5.83. The average molecular weight is 358 g/mol. The molecule has 0 radical (unpaired) electrons. The number of amides is 2. The molecule has 0 heterocycles. The lowest BCUT2D eigenvalue weighted by atomic mass is 10.0. The first-order chi connectivity index (χ1) is 12.6. The Morgan fingerprint density at radius 3 is 2.38 bits per heavy atom. The van der Waals surface area contributed by atoms with E-state index in [9.17, 15) is 4.79 Å². The summed E-state index contributed by atoms with van der Waals surface area (Å²) < 4.78 is 16.0. The minimum absolute atomic E-state index is 0.192. The lowest BCUT2D eigenvalue weighted by Crippen LogP contribution is -2.37. The maximum atomic E-state index is 12.1. The molecule has 140 valence electrons. The molecule has 2 amide bonds. The fourth-order valence-corrected chi connectivity index (χ4v) is 2.69. The Bertz CT molecular complexity index is 734. The van der Waals surface area contributed by atoms with Crippen molar-refractivity contribution < 1.29 is 19.0 Å². The number of hydrogen-bond donors (Lipinski definition) is 2. The van der Waals surface area contributed by atoms with Gasteiger partial charge in [0.05, 0.1) is 20.3 Å². The van der Waals surface area contributed by atoms with Gasteiger partial charge in [-0.05, 0) is 35.7 Å². The number of carbonyl (C=O) groups excluding carboxylic acids is 1. The average Bonchev–Trinajstić information content (AvgIpc) is 2.67. The van der Waals surface area contributed by atoms with Gasteiger partial charge in [-0.25, -0.2) is 4.79 Å². The predicted octanol–water partition coefficient (Wildman–Crippen LogP) is 3.20. The number of benzene rings is 2. The van der Waals surface area contributed by atoms with Crippen LogP contribution in [0.2, 0.25) is 0 Å². The van der Waals surface area contributed by atoms with Gasteiger partial charge in [0.1, 0.15) is 0 Å². The van der Waals surface area contributed by atoms with Crippen molar-refractivity contribution in [2.24, 2.45) is 0 Å². The van der Waals surface area contributed by atoms with Crippen LogP contribution in [-0.4, -0.2) is 33.9 Å². The lowest BCUT2D eigenvalue weighted by Gasteiger charge is -2.19. The van der Waals surface area contributed by atoms with Crippen LogP contribution in [0.15, 0.2) is 42.5 Å². The standard InChI is InChI=1S/C20H26N2O4/c1-14-7-5-6-8-16(14)19(26-4)13-22-20(23)21-12-15-9-10-17(24-2)18(11-15)25-3/h5-11,19H,12-13H2,1-4H3,(H2,21,22,23). The van der Waals surface area contributed by atoms with Crippen LogP contribution in [0.5, 0.6) is 11.5 Å². The van der Waals surface area contributed by atoms with Crippen molar-refractivity contribution in [2.75, 3.05) is 27.9 Å². The fraction of sp³-hybridized carbons (Fsp3) is 0.350. The molecule has 0 aliphatic rings. The SMILES string of the molecule is COc1ccc(CNC(=O)NCC(OC)c2ccccc2C)cc1OC. The summed E-state index contributed by atoms with van der Waals surface area (Å²) in [6.45, 7) is 2.80. The molecule has 2 N–H and O–H groups in total. The van der Waals surface area contributed by atoms with Crippen LogP contribution in [0.4, 0.5) is 4.79 Å². The highest BCUT2D eigenvalue weighted by molar-refractivity contribution is 5.73. The zero-order chi connectivity index (χ0) is 18.9. The van der Waals surface area contributed by atoms with Gasteiger partial charge in [0, 0.05) is 20.2 Å². The molecule has 1 unspecified atom stereocenters. The van der Waals surface area contributed by atoms with E-state index in [1.807, 2.05) is 49.4 Å². The van der Waals surface area contributed by atoms with E-state index in [0.717, 1.165) is 16.7 Å². The van der Waals surface area contributed by atoms with Crippen LogP contribution in [0, 0.1) is 6.92 Å². The van der Waals surface area contributed by atoms with Gasteiger partial charge in [-0.1, -0.05) is 30.3 Å². The third-order valence-corrected chi connectivity index (χ3v) is 4.17. The number of nitrogens with one attached hydrogen (secondary N) is 2. The summed E-state index contributed by atoms with van der Waals surface area (Å²) in [5, 5.41) is 5.68. The summed E-state index contributed by atoms with van der Waals surface area (Å²) in [7, 11) is 4.81. The van der Waals surface area contributed by atoms with Gasteiger partial charge in [-0.15, -0.1) is 0 Å². The summed E-state index contributed by atoms with van der Waals surface area (Å²) in [6, 6.07) is 13.3. The third kappa shape index (κ3) is 5.13. The summed E-state index contributed by atoms with van der Waals surface area (Å²) in [5.41, 5.74) is 3.11. The van der Waals surface area contributed by atoms with Gasteiger partial charge in [0.25, 0.3) is 0 Å². The van der Waals surface area contributed by atoms with Crippen LogP contribution in [0.25, 0.3) is 0 Å². The molecule has 0 fully saturated rings. The molecule has 6 heteroatoms. The lowest BCUT2D eigenvalue weighted by molar-refractivity contribution is 0.103. The molecule has 2 aromatic rings. The maximum Gasteiger partial charge on any atom is 0.315 e. The van der Waals surface area contributed by atoms with E-state index in [1.165, 1.54) is 0 Å². The Morgan fingerprint density at radius 2 is 1.73 bits per heavy atom. The number of urea groups is 1. The zero-order valence-electron chi connectivity index (χ0n) is 15.7. The van der Waals surface area contributed by atoms with E-state index in [1.54, 1.807) is 21.3 Å². The zero-order valence-corrected chi connectivity index (χ0v) is 15.7. The topological polar surface area (TPSA) is 68.8 Å². The molecule has 0 saturated carbocycles. The molecule has 1 atom stereocenters. The van der Waals surface area contributed by atoms with Gasteiger partial charge < -0.3 is 24.8 Å². The highest BCUT2D eigenvalue weighted by Gasteiger charge is 2.14. The molecule has 0 aliphatic heterocycles. The molecule has 26 heavy (non-hydrogen) atoms. The molecule has 0 aromatic heterocycles. The molecule has 2 aromatic carbocycles. The number of aryl methyl sites for hydroxylation is 1. The number of hydrogen-bond acceptors (Lipinski definition) is 4. The van der Waals surface area contributed by atoms with E-state index in [2.05, 4.69) is 10.6 Å². The van der Waals surface area contributed by atoms with Crippen molar-refractivity contribution in [1.29, 1.82) is 0 Å². The van der Waals surface area contributed by atoms with Crippen molar-refractivity contribution in [2.45, 2.75) is 19.6 Å². The number of methoxy groups -OCH3 is 3. The van der Waals surface area contributed by atoms with Crippen LogP contribution in [0.3, 0.4) is 0 Å². The van der Waals surface area contributed by atoms with Crippen LogP contribution in [-0.2, 0) is 11.3 Å². The highest BCUT2D eigenvalue weighted by atomic mass is 16.5. The summed E-state index contributed by atoms with van der Waals surface area (Å²) >= 11 is 0. The largest absolute Gasteiger partial charge is 0.493 e. The summed E-state index contributed by atoms with van der Waals surface area (Å²) in [5.74, 6) is 1.29. The first-order valence-corrected chi connectivity index (χ1v) is 8.40. The third-order valence-electron chi connectivity index (χ3n) is 4.17. The quantitative estimate of drug-likeness (QED) is 0.760. The van der Waals surface area contributed by atoms with E-state index in [4.69, 9.17) is 14.2 Å². The van der Waals surface area contributed by atoms with Crippen molar-refractivity contribution in [3.05, 3.63) is 59.2 Å². The summed E-state index contributed by atoms with van der Waals surface area (Å²) in [4.78, 5) is 12.1. The molecular weight excluding hydrogens is 332 g/mol. The molecule has 6 nitrogen and oxygen atoms in total. The Labute approximate surface area is 154 Å². The van der Waals surface area contributed by atoms with E-state index in [0.29, 0.717) is 24.6 Å². The number of ether oxygens (including phenoxy) is 3. The van der Waals surface area contributed by atoms with Crippen molar-refractivity contribution in [1.82, 2.24) is 10.6 Å². The molecule has 0 bridgehead atoms. The first kappa shape index (κ1) is 19.6. The van der Waals surface area contributed by atoms with Crippen molar-refractivity contribution >= 4 is 6.03 Å². The number of carbonyl (C=O) groups is 1. The van der Waals surface area contributed by atoms with E-state index in [-0.39, 0.29) is 12.1 Å². The number of rotatable bonds is 8. The van der Waals surface area contributed by atoms with E-state index >= 15 is 0 Å². The fourth-order valence-electron chi connectivity index (χ4n) is 2.69. The maximum absolute atomic E-state index is 12.1. The van der Waals surface area contributed by atoms with Gasteiger partial charge in [0.15, 0.2) is 11.5 Å². The molecule has 0 spiro atoms. The second-order valence-electron chi connectivity index (χ2n) is 5.83. The predicted molar refractivity (Wildman–Crippen MR) is 101 cm³/mol. The Morgan fingerprint density at radius 1 is 1.00 bits per heavy atom. The monoisotopic (exact) mass is 358 g/mol. The van der Waals surface area contributed by atoms with Gasteiger partial charge >= 0.3 is 6.03 Å².